The van der Waals surface area contributed by atoms with Crippen LogP contribution in [-0.4, -0.2) is 43.8 Å². The zero-order valence-electron chi connectivity index (χ0n) is 17.3. The highest BCUT2D eigenvalue weighted by Crippen LogP contribution is 2.70. The topological polar surface area (TPSA) is 36.9 Å². The molecule has 0 bridgehead atoms. The van der Waals surface area contributed by atoms with Gasteiger partial charge in [-0.3, -0.25) is 0 Å². The van der Waals surface area contributed by atoms with Crippen LogP contribution in [0.5, 0.6) is 0 Å². The predicted octanol–water partition coefficient (Wildman–Crippen LogP) is 5.58. The van der Waals surface area contributed by atoms with Gasteiger partial charge in [0.25, 0.3) is 0 Å². The van der Waals surface area contributed by atoms with E-state index < -0.39 is 0 Å². The van der Waals surface area contributed by atoms with Crippen LogP contribution < -0.4 is 0 Å². The van der Waals surface area contributed by atoms with Crippen LogP contribution in [-0.2, 0) is 18.9 Å². The molecule has 5 fully saturated rings. The van der Waals surface area contributed by atoms with E-state index in [1.54, 1.807) is 0 Å². The number of ether oxygens (including phenoxy) is 4. The Morgan fingerprint density at radius 2 is 1.43 bits per heavy atom. The Labute approximate surface area is 186 Å². The lowest BCUT2D eigenvalue weighted by atomic mass is 9.47. The van der Waals surface area contributed by atoms with E-state index in [-0.39, 0.29) is 22.4 Å². The molecule has 2 heterocycles. The van der Waals surface area contributed by atoms with Crippen molar-refractivity contribution >= 4 is 30.1 Å². The summed E-state index contributed by atoms with van der Waals surface area (Å²) in [6.07, 6.45) is 9.57. The van der Waals surface area contributed by atoms with Crippen LogP contribution in [0.3, 0.4) is 0 Å². The summed E-state index contributed by atoms with van der Waals surface area (Å²) in [6.45, 7) is 8.05. The monoisotopic (exact) mass is 522 g/mol. The second kappa shape index (κ2) is 7.51. The van der Waals surface area contributed by atoms with Gasteiger partial charge in [-0.15, -0.1) is 0 Å². The molecule has 6 heteroatoms. The van der Waals surface area contributed by atoms with Gasteiger partial charge in [0, 0.05) is 29.4 Å². The van der Waals surface area contributed by atoms with E-state index in [2.05, 4.69) is 35.1 Å². The van der Waals surface area contributed by atoms with Crippen LogP contribution in [0.1, 0.15) is 65.2 Å². The van der Waals surface area contributed by atoms with Crippen LogP contribution >= 0.6 is 30.1 Å². The fourth-order valence-corrected chi connectivity index (χ4v) is 9.28. The molecule has 0 radical (unpaired) electrons. The molecule has 3 saturated carbocycles. The highest BCUT2D eigenvalue weighted by Gasteiger charge is 2.69. The number of fused-ring (bicyclic) bond motifs is 4. The maximum atomic E-state index is 6.43. The molecule has 0 amide bonds. The van der Waals surface area contributed by atoms with E-state index in [0.717, 1.165) is 45.2 Å². The highest BCUT2D eigenvalue weighted by atomic mass is 127. The quantitative estimate of drug-likeness (QED) is 0.356. The SMILES string of the molecule is CC1(CCCSI)C2CCC3(C)C(CCC34OCCO4)C2CCC12OCCO2. The third kappa shape index (κ3) is 2.76. The van der Waals surface area contributed by atoms with Crippen LogP contribution in [0.25, 0.3) is 0 Å². The van der Waals surface area contributed by atoms with Crippen molar-refractivity contribution in [1.29, 1.82) is 0 Å². The summed E-state index contributed by atoms with van der Waals surface area (Å²) in [7, 11) is 1.93. The summed E-state index contributed by atoms with van der Waals surface area (Å²) in [4.78, 5) is 0. The second-order valence-electron chi connectivity index (χ2n) is 10.1. The van der Waals surface area contributed by atoms with Crippen molar-refractivity contribution in [1.82, 2.24) is 0 Å². The normalized spacial score (nSPS) is 46.2. The molecule has 0 N–H and O–H groups in total. The standard InChI is InChI=1S/C22H35IO4S/c1-19(7-3-15-28-23)17-5-8-20(2)18(6-10-22(20)26-13-14-27-22)16(17)4-9-21(19)24-11-12-25-21/h16-18H,3-15H2,1-2H3. The van der Waals surface area contributed by atoms with Crippen LogP contribution in [0, 0.1) is 28.6 Å². The average Bonchev–Trinajstić information content (AvgIpc) is 3.41. The summed E-state index contributed by atoms with van der Waals surface area (Å²) in [5, 5.41) is 0. The van der Waals surface area contributed by atoms with E-state index in [1.165, 1.54) is 44.3 Å². The molecule has 5 unspecified atom stereocenters. The van der Waals surface area contributed by atoms with Crippen LogP contribution in [0.2, 0.25) is 0 Å². The first-order valence-electron chi connectivity index (χ1n) is 11.3. The molecule has 0 aromatic rings. The van der Waals surface area contributed by atoms with Crippen LogP contribution in [0.15, 0.2) is 0 Å². The Kier molecular flexibility index (Phi) is 5.58. The van der Waals surface area contributed by atoms with Crippen molar-refractivity contribution in [3.8, 4) is 0 Å². The predicted molar refractivity (Wildman–Crippen MR) is 119 cm³/mol. The number of halogens is 1. The molecule has 5 atom stereocenters. The fraction of sp³-hybridized carbons (Fsp3) is 1.00. The van der Waals surface area contributed by atoms with Gasteiger partial charge >= 0.3 is 0 Å². The van der Waals surface area contributed by atoms with Gasteiger partial charge in [0.2, 0.25) is 0 Å². The van der Waals surface area contributed by atoms with Crippen molar-refractivity contribution in [2.45, 2.75) is 76.8 Å². The molecular formula is C22H35IO4S. The highest BCUT2D eigenvalue weighted by molar-refractivity contribution is 14.2. The first-order valence-corrected chi connectivity index (χ1v) is 14.8. The molecule has 4 nitrogen and oxygen atoms in total. The smallest absolute Gasteiger partial charge is 0.174 e. The molecule has 2 saturated heterocycles. The maximum absolute atomic E-state index is 6.43. The van der Waals surface area contributed by atoms with E-state index in [0.29, 0.717) is 11.8 Å². The minimum Gasteiger partial charge on any atom is -0.347 e. The number of hydrogen-bond acceptors (Lipinski definition) is 5. The van der Waals surface area contributed by atoms with Gasteiger partial charge in [0.1, 0.15) is 0 Å². The summed E-state index contributed by atoms with van der Waals surface area (Å²) in [5.41, 5.74) is 0.290. The van der Waals surface area contributed by atoms with Gasteiger partial charge in [-0.05, 0) is 77.5 Å². The van der Waals surface area contributed by atoms with Crippen molar-refractivity contribution < 1.29 is 18.9 Å². The summed E-state index contributed by atoms with van der Waals surface area (Å²) < 4.78 is 25.5. The summed E-state index contributed by atoms with van der Waals surface area (Å²) in [6, 6.07) is 0. The van der Waals surface area contributed by atoms with Gasteiger partial charge < -0.3 is 18.9 Å². The molecule has 2 aliphatic heterocycles. The van der Waals surface area contributed by atoms with Gasteiger partial charge in [0.15, 0.2) is 11.6 Å². The molecule has 0 aromatic heterocycles. The van der Waals surface area contributed by atoms with Crippen molar-refractivity contribution in [2.24, 2.45) is 28.6 Å². The molecule has 0 aromatic carbocycles. The third-order valence-electron chi connectivity index (χ3n) is 9.40. The maximum Gasteiger partial charge on any atom is 0.174 e. The molecule has 28 heavy (non-hydrogen) atoms. The van der Waals surface area contributed by atoms with E-state index in [4.69, 9.17) is 18.9 Å². The summed E-state index contributed by atoms with van der Waals surface area (Å²) >= 11 is 2.43. The Balaban J connectivity index is 1.45. The molecule has 5 rings (SSSR count). The van der Waals surface area contributed by atoms with E-state index >= 15 is 0 Å². The minimum atomic E-state index is -0.339. The van der Waals surface area contributed by atoms with Crippen molar-refractivity contribution in [3.05, 3.63) is 0 Å². The number of rotatable bonds is 4. The largest absolute Gasteiger partial charge is 0.347 e. The zero-order valence-corrected chi connectivity index (χ0v) is 20.3. The Bertz CT molecular complexity index is 591. The third-order valence-corrected chi connectivity index (χ3v) is 11.2. The second-order valence-corrected chi connectivity index (χ2v) is 12.6. The molecule has 3 aliphatic carbocycles. The van der Waals surface area contributed by atoms with Gasteiger partial charge in [-0.2, -0.15) is 0 Å². The first kappa shape index (κ1) is 20.8. The first-order chi connectivity index (χ1) is 13.5. The minimum absolute atomic E-state index is 0.118. The van der Waals surface area contributed by atoms with Crippen LogP contribution in [0.4, 0.5) is 0 Å². The average molecular weight is 522 g/mol. The molecular weight excluding hydrogens is 487 g/mol. The van der Waals surface area contributed by atoms with E-state index in [9.17, 15) is 0 Å². The van der Waals surface area contributed by atoms with Gasteiger partial charge in [-0.25, -0.2) is 0 Å². The summed E-state index contributed by atoms with van der Waals surface area (Å²) in [5.74, 6) is 2.73. The van der Waals surface area contributed by atoms with Crippen molar-refractivity contribution in [3.63, 3.8) is 0 Å². The molecule has 2 spiro atoms. The van der Waals surface area contributed by atoms with Gasteiger partial charge in [0.05, 0.1) is 26.4 Å². The lowest BCUT2D eigenvalue weighted by Gasteiger charge is -2.62. The number of hydrogen-bond donors (Lipinski definition) is 0. The van der Waals surface area contributed by atoms with Gasteiger partial charge in [-0.1, -0.05) is 22.8 Å². The Hall–Kier alpha value is 0.920. The zero-order chi connectivity index (χ0) is 19.5. The lowest BCUT2D eigenvalue weighted by molar-refractivity contribution is -0.302. The molecule has 160 valence electrons. The van der Waals surface area contributed by atoms with Crippen molar-refractivity contribution in [2.75, 3.05) is 32.2 Å². The Morgan fingerprint density at radius 1 is 0.821 bits per heavy atom. The van der Waals surface area contributed by atoms with E-state index in [1.807, 2.05) is 8.93 Å². The Morgan fingerprint density at radius 3 is 2.11 bits per heavy atom. The fourth-order valence-electron chi connectivity index (χ4n) is 8.09. The lowest BCUT2D eigenvalue weighted by Crippen LogP contribution is -2.62. The molecule has 5 aliphatic rings.